The van der Waals surface area contributed by atoms with Crippen molar-refractivity contribution in [2.45, 2.75) is 20.0 Å². The molecule has 188 valence electrons. The molecule has 1 heterocycles. The monoisotopic (exact) mass is 519 g/mol. The summed E-state index contributed by atoms with van der Waals surface area (Å²) in [4.78, 5) is 51.8. The molecule has 0 fully saturated rings. The fourth-order valence-corrected chi connectivity index (χ4v) is 3.77. The van der Waals surface area contributed by atoms with Gasteiger partial charge in [0.2, 0.25) is 0 Å². The summed E-state index contributed by atoms with van der Waals surface area (Å²) in [7, 11) is 0. The first kappa shape index (κ1) is 25.5. The van der Waals surface area contributed by atoms with E-state index in [-0.39, 0.29) is 45.1 Å². The molecule has 0 aromatic heterocycles. The zero-order valence-corrected chi connectivity index (χ0v) is 20.6. The Morgan fingerprint density at radius 3 is 2.35 bits per heavy atom. The molecule has 3 aromatic rings. The lowest BCUT2D eigenvalue weighted by molar-refractivity contribution is -0.120. The summed E-state index contributed by atoms with van der Waals surface area (Å²) >= 11 is 6.22. The van der Waals surface area contributed by atoms with Crippen molar-refractivity contribution in [2.24, 2.45) is 0 Å². The highest BCUT2D eigenvalue weighted by atomic mass is 35.5. The number of benzene rings is 3. The van der Waals surface area contributed by atoms with Crippen molar-refractivity contribution < 1.29 is 29.0 Å². The maximum absolute atomic E-state index is 13.2. The molecule has 37 heavy (non-hydrogen) atoms. The Bertz CT molecular complexity index is 1450. The summed E-state index contributed by atoms with van der Waals surface area (Å²) in [5.41, 5.74) is 0.945. The van der Waals surface area contributed by atoms with E-state index >= 15 is 0 Å². The Morgan fingerprint density at radius 1 is 0.919 bits per heavy atom. The Labute approximate surface area is 217 Å². The zero-order chi connectivity index (χ0) is 26.7. The van der Waals surface area contributed by atoms with Crippen LogP contribution in [0.2, 0.25) is 0 Å². The van der Waals surface area contributed by atoms with Crippen molar-refractivity contribution in [1.29, 1.82) is 0 Å². The van der Waals surface area contributed by atoms with Gasteiger partial charge < -0.3 is 20.5 Å². The van der Waals surface area contributed by atoms with Gasteiger partial charge in [0, 0.05) is 11.3 Å². The number of nitrogens with zero attached hydrogens (tertiary/aromatic N) is 1. The second-order valence-electron chi connectivity index (χ2n) is 8.32. The molecule has 0 bridgehead atoms. The van der Waals surface area contributed by atoms with E-state index in [0.717, 1.165) is 4.90 Å². The number of phenolic OH excluding ortho intramolecular Hbond substituents is 1. The van der Waals surface area contributed by atoms with Crippen LogP contribution in [0.1, 0.15) is 34.6 Å². The van der Waals surface area contributed by atoms with Crippen LogP contribution in [-0.2, 0) is 14.3 Å². The standard InChI is InChI=1S/C27H22ClN3O6/c1-15(2)37-27(36)17-8-6-10-19(14-17)31-25(34)22(28)23(26(31)35)29-18-9-5-7-16(13-18)24(33)30-20-11-3-4-12-21(20)32/h3-15,29,32H,1-2H3,(H,30,33). The summed E-state index contributed by atoms with van der Waals surface area (Å²) in [6.45, 7) is 3.42. The van der Waals surface area contributed by atoms with Gasteiger partial charge in [-0.2, -0.15) is 0 Å². The molecular formula is C27H22ClN3O6. The largest absolute Gasteiger partial charge is 0.506 e. The molecule has 3 N–H and O–H groups in total. The van der Waals surface area contributed by atoms with Crippen LogP contribution in [0, 0.1) is 0 Å². The average Bonchev–Trinajstić information content (AvgIpc) is 3.08. The highest BCUT2D eigenvalue weighted by Crippen LogP contribution is 2.31. The van der Waals surface area contributed by atoms with Crippen molar-refractivity contribution in [3.63, 3.8) is 0 Å². The quantitative estimate of drug-likeness (QED) is 0.236. The average molecular weight is 520 g/mol. The molecule has 1 aliphatic rings. The van der Waals surface area contributed by atoms with Gasteiger partial charge >= 0.3 is 5.97 Å². The number of nitrogens with one attached hydrogen (secondary N) is 2. The van der Waals surface area contributed by atoms with E-state index in [1.165, 1.54) is 36.4 Å². The third-order valence-electron chi connectivity index (χ3n) is 5.26. The number of aromatic hydroxyl groups is 1. The molecule has 1 aliphatic heterocycles. The van der Waals surface area contributed by atoms with Gasteiger partial charge in [0.25, 0.3) is 17.7 Å². The van der Waals surface area contributed by atoms with Crippen LogP contribution < -0.4 is 15.5 Å². The van der Waals surface area contributed by atoms with Gasteiger partial charge in [0.1, 0.15) is 16.5 Å². The van der Waals surface area contributed by atoms with E-state index in [1.807, 2.05) is 0 Å². The summed E-state index contributed by atoms with van der Waals surface area (Å²) in [5.74, 6) is -2.66. The van der Waals surface area contributed by atoms with Crippen LogP contribution in [-0.4, -0.2) is 34.9 Å². The number of para-hydroxylation sites is 2. The molecule has 0 atom stereocenters. The first-order valence-electron chi connectivity index (χ1n) is 11.2. The van der Waals surface area contributed by atoms with Gasteiger partial charge in [0.05, 0.1) is 23.0 Å². The normalized spacial score (nSPS) is 13.2. The molecule has 3 aromatic carbocycles. The van der Waals surface area contributed by atoms with E-state index in [2.05, 4.69) is 10.6 Å². The lowest BCUT2D eigenvalue weighted by Crippen LogP contribution is -2.32. The number of ether oxygens (including phenoxy) is 1. The highest BCUT2D eigenvalue weighted by Gasteiger charge is 2.39. The smallest absolute Gasteiger partial charge is 0.338 e. The van der Waals surface area contributed by atoms with Crippen molar-refractivity contribution in [2.75, 3.05) is 15.5 Å². The Balaban J connectivity index is 1.54. The Hall–Kier alpha value is -4.63. The lowest BCUT2D eigenvalue weighted by atomic mass is 10.1. The topological polar surface area (TPSA) is 125 Å². The Kier molecular flexibility index (Phi) is 7.26. The van der Waals surface area contributed by atoms with E-state index in [0.29, 0.717) is 5.69 Å². The molecule has 10 heteroatoms. The summed E-state index contributed by atoms with van der Waals surface area (Å²) in [6, 6.07) is 18.4. The van der Waals surface area contributed by atoms with E-state index < -0.39 is 23.7 Å². The predicted molar refractivity (Wildman–Crippen MR) is 138 cm³/mol. The van der Waals surface area contributed by atoms with E-state index in [4.69, 9.17) is 16.3 Å². The number of anilines is 3. The van der Waals surface area contributed by atoms with Gasteiger partial charge in [-0.25, -0.2) is 9.69 Å². The second-order valence-corrected chi connectivity index (χ2v) is 8.69. The molecule has 0 saturated carbocycles. The first-order valence-corrected chi connectivity index (χ1v) is 11.6. The maximum Gasteiger partial charge on any atom is 0.338 e. The van der Waals surface area contributed by atoms with Crippen molar-refractivity contribution in [3.8, 4) is 5.75 Å². The third kappa shape index (κ3) is 5.46. The number of imide groups is 1. The fraction of sp³-hybridized carbons (Fsp3) is 0.111. The lowest BCUT2D eigenvalue weighted by Gasteiger charge is -2.16. The van der Waals surface area contributed by atoms with E-state index in [1.54, 1.807) is 50.2 Å². The molecule has 3 amide bonds. The molecule has 0 spiro atoms. The molecule has 0 saturated heterocycles. The minimum atomic E-state index is -0.767. The molecule has 0 unspecified atom stereocenters. The molecule has 0 radical (unpaired) electrons. The summed E-state index contributed by atoms with van der Waals surface area (Å²) in [5, 5.41) is 15.0. The number of carbonyl (C=O) groups excluding carboxylic acids is 4. The zero-order valence-electron chi connectivity index (χ0n) is 19.8. The van der Waals surface area contributed by atoms with Crippen LogP contribution in [0.3, 0.4) is 0 Å². The Morgan fingerprint density at radius 2 is 1.62 bits per heavy atom. The second kappa shape index (κ2) is 10.5. The number of rotatable bonds is 7. The van der Waals surface area contributed by atoms with Gasteiger partial charge in [0.15, 0.2) is 0 Å². The number of hydrogen-bond donors (Lipinski definition) is 3. The van der Waals surface area contributed by atoms with Crippen LogP contribution in [0.5, 0.6) is 5.75 Å². The van der Waals surface area contributed by atoms with Crippen molar-refractivity contribution in [3.05, 3.63) is 94.7 Å². The van der Waals surface area contributed by atoms with Gasteiger partial charge in [-0.1, -0.05) is 35.9 Å². The van der Waals surface area contributed by atoms with Crippen molar-refractivity contribution >= 4 is 52.4 Å². The number of hydrogen-bond acceptors (Lipinski definition) is 7. The minimum absolute atomic E-state index is 0.0845. The summed E-state index contributed by atoms with van der Waals surface area (Å²) < 4.78 is 5.18. The number of halogens is 1. The highest BCUT2D eigenvalue weighted by molar-refractivity contribution is 6.53. The van der Waals surface area contributed by atoms with Gasteiger partial charge in [-0.15, -0.1) is 0 Å². The SMILES string of the molecule is CC(C)OC(=O)c1cccc(N2C(=O)C(Cl)=C(Nc3cccc(C(=O)Nc4ccccc4O)c3)C2=O)c1. The number of esters is 1. The number of phenols is 1. The molecule has 0 aliphatic carbocycles. The predicted octanol–water partition coefficient (Wildman–Crippen LogP) is 4.65. The third-order valence-corrected chi connectivity index (χ3v) is 5.61. The first-order chi connectivity index (χ1) is 17.7. The maximum atomic E-state index is 13.2. The number of amides is 3. The molecular weight excluding hydrogens is 498 g/mol. The van der Waals surface area contributed by atoms with E-state index in [9.17, 15) is 24.3 Å². The van der Waals surface area contributed by atoms with Crippen LogP contribution >= 0.6 is 11.6 Å². The number of carbonyl (C=O) groups is 4. The fourth-order valence-electron chi connectivity index (χ4n) is 3.56. The van der Waals surface area contributed by atoms with Gasteiger partial charge in [-0.05, 0) is 62.4 Å². The summed E-state index contributed by atoms with van der Waals surface area (Å²) in [6.07, 6.45) is -0.339. The van der Waals surface area contributed by atoms with Crippen molar-refractivity contribution in [1.82, 2.24) is 0 Å². The molecule has 4 rings (SSSR count). The van der Waals surface area contributed by atoms with Crippen LogP contribution in [0.15, 0.2) is 83.5 Å². The van der Waals surface area contributed by atoms with Crippen LogP contribution in [0.4, 0.5) is 17.1 Å². The van der Waals surface area contributed by atoms with Crippen LogP contribution in [0.25, 0.3) is 0 Å². The minimum Gasteiger partial charge on any atom is -0.506 e. The molecule has 9 nitrogen and oxygen atoms in total. The van der Waals surface area contributed by atoms with Gasteiger partial charge in [-0.3, -0.25) is 14.4 Å².